The summed E-state index contributed by atoms with van der Waals surface area (Å²) in [5.74, 6) is -0.774. The molecule has 1 spiro atoms. The van der Waals surface area contributed by atoms with E-state index in [1.807, 2.05) is 0 Å². The highest BCUT2D eigenvalue weighted by atomic mass is 79.9. The molecular weight excluding hydrogens is 420 g/mol. The average Bonchev–Trinajstić information content (AvgIpc) is 3.10. The molecule has 0 unspecified atom stereocenters. The van der Waals surface area contributed by atoms with Crippen molar-refractivity contribution in [3.63, 3.8) is 0 Å². The van der Waals surface area contributed by atoms with Crippen LogP contribution in [-0.2, 0) is 13.9 Å². The smallest absolute Gasteiger partial charge is 0.205 e. The molecular formula is C22H33BrO3Si. The Bertz CT molecular complexity index is 761. The summed E-state index contributed by atoms with van der Waals surface area (Å²) < 4.78 is 21.4. The zero-order valence-corrected chi connectivity index (χ0v) is 20.3. The molecule has 0 amide bonds. The van der Waals surface area contributed by atoms with E-state index in [0.29, 0.717) is 6.61 Å². The van der Waals surface area contributed by atoms with Gasteiger partial charge in [0, 0.05) is 17.0 Å². The summed E-state index contributed by atoms with van der Waals surface area (Å²) in [6, 6.07) is 3.35. The molecule has 1 aliphatic heterocycles. The summed E-state index contributed by atoms with van der Waals surface area (Å²) in [5.41, 5.74) is 2.10. The molecule has 0 aromatic carbocycles. The molecule has 150 valence electrons. The molecule has 1 saturated heterocycles. The van der Waals surface area contributed by atoms with Crippen LogP contribution in [0.25, 0.3) is 0 Å². The fourth-order valence-electron chi connectivity index (χ4n) is 6.43. The van der Waals surface area contributed by atoms with Crippen LogP contribution >= 0.6 is 15.9 Å². The number of methoxy groups -OCH3 is 1. The number of hydrogen-bond acceptors (Lipinski definition) is 3. The zero-order chi connectivity index (χ0) is 19.9. The predicted molar refractivity (Wildman–Crippen MR) is 115 cm³/mol. The number of ether oxygens (including phenoxy) is 2. The van der Waals surface area contributed by atoms with Crippen molar-refractivity contribution in [2.24, 2.45) is 16.2 Å². The van der Waals surface area contributed by atoms with Crippen molar-refractivity contribution in [1.29, 1.82) is 0 Å². The first kappa shape index (κ1) is 20.1. The van der Waals surface area contributed by atoms with Crippen LogP contribution < -0.4 is 0 Å². The zero-order valence-electron chi connectivity index (χ0n) is 17.7. The maximum absolute atomic E-state index is 7.26. The second-order valence-corrected chi connectivity index (χ2v) is 14.7. The molecule has 4 aliphatic carbocycles. The van der Waals surface area contributed by atoms with Crippen molar-refractivity contribution in [2.75, 3.05) is 13.7 Å². The van der Waals surface area contributed by atoms with Crippen LogP contribution in [0.4, 0.5) is 0 Å². The molecule has 1 saturated carbocycles. The maximum Gasteiger partial charge on any atom is 0.205 e. The Morgan fingerprint density at radius 1 is 1.19 bits per heavy atom. The van der Waals surface area contributed by atoms with E-state index in [2.05, 4.69) is 75.7 Å². The van der Waals surface area contributed by atoms with E-state index in [4.69, 9.17) is 13.9 Å². The number of halogens is 1. The monoisotopic (exact) mass is 452 g/mol. The normalized spacial score (nSPS) is 44.9. The van der Waals surface area contributed by atoms with Crippen molar-refractivity contribution in [3.8, 4) is 0 Å². The molecule has 0 N–H and O–H groups in total. The quantitative estimate of drug-likeness (QED) is 0.466. The first-order valence-corrected chi connectivity index (χ1v) is 13.7. The Morgan fingerprint density at radius 3 is 2.37 bits per heavy atom. The predicted octanol–water partition coefficient (Wildman–Crippen LogP) is 5.94. The van der Waals surface area contributed by atoms with E-state index in [9.17, 15) is 0 Å². The van der Waals surface area contributed by atoms with Gasteiger partial charge in [0.25, 0.3) is 0 Å². The van der Waals surface area contributed by atoms with E-state index in [0.717, 1.165) is 18.1 Å². The van der Waals surface area contributed by atoms with Crippen molar-refractivity contribution >= 4 is 24.2 Å². The van der Waals surface area contributed by atoms with Gasteiger partial charge >= 0.3 is 0 Å². The maximum atomic E-state index is 7.26. The van der Waals surface area contributed by atoms with Crippen molar-refractivity contribution in [1.82, 2.24) is 0 Å². The van der Waals surface area contributed by atoms with Gasteiger partial charge in [0.05, 0.1) is 17.4 Å². The van der Waals surface area contributed by atoms with E-state index in [1.165, 1.54) is 15.6 Å². The summed E-state index contributed by atoms with van der Waals surface area (Å²) >= 11 is 3.95. The number of allylic oxidation sites excluding steroid dienone is 2. The van der Waals surface area contributed by atoms with Crippen LogP contribution in [-0.4, -0.2) is 33.9 Å². The minimum Gasteiger partial charge on any atom is -0.407 e. The van der Waals surface area contributed by atoms with Gasteiger partial charge in [0.15, 0.2) is 8.32 Å². The molecule has 0 aromatic rings. The summed E-state index contributed by atoms with van der Waals surface area (Å²) in [6.07, 6.45) is 6.89. The fourth-order valence-corrected chi connectivity index (χ4v) is 10.3. The van der Waals surface area contributed by atoms with E-state index >= 15 is 0 Å². The molecule has 0 radical (unpaired) electrons. The first-order chi connectivity index (χ1) is 12.7. The second-order valence-electron chi connectivity index (χ2n) is 9.15. The van der Waals surface area contributed by atoms with Gasteiger partial charge in [-0.2, -0.15) is 0 Å². The lowest BCUT2D eigenvalue weighted by atomic mass is 9.42. The summed E-state index contributed by atoms with van der Waals surface area (Å²) in [4.78, 5) is 0. The van der Waals surface area contributed by atoms with Crippen molar-refractivity contribution in [2.45, 2.75) is 71.6 Å². The summed E-state index contributed by atoms with van der Waals surface area (Å²) in [6.45, 7) is 14.4. The SMILES string of the molecule is CC[Si](CC)(CC)O[C@H]1[C@]23C=C(Br)[C@]4(C)[C@@]1(OC)OC[C@]4(C)C2=CC=C3C. The van der Waals surface area contributed by atoms with Gasteiger partial charge in [-0.05, 0) is 37.6 Å². The first-order valence-electron chi connectivity index (χ1n) is 10.3. The Balaban J connectivity index is 2.00. The van der Waals surface area contributed by atoms with E-state index < -0.39 is 14.1 Å². The van der Waals surface area contributed by atoms with Gasteiger partial charge in [0.2, 0.25) is 5.79 Å². The molecule has 5 atom stereocenters. The third kappa shape index (κ3) is 1.90. The van der Waals surface area contributed by atoms with Crippen LogP contribution in [0, 0.1) is 16.2 Å². The highest BCUT2D eigenvalue weighted by Gasteiger charge is 2.83. The van der Waals surface area contributed by atoms with Gasteiger partial charge in [-0.3, -0.25) is 0 Å². The fraction of sp³-hybridized carbons (Fsp3) is 0.727. The van der Waals surface area contributed by atoms with E-state index in [1.54, 1.807) is 7.11 Å². The minimum absolute atomic E-state index is 0.112. The van der Waals surface area contributed by atoms with Crippen molar-refractivity contribution < 1.29 is 13.9 Å². The number of rotatable bonds is 6. The highest BCUT2D eigenvalue weighted by molar-refractivity contribution is 9.11. The van der Waals surface area contributed by atoms with Gasteiger partial charge < -0.3 is 13.9 Å². The topological polar surface area (TPSA) is 27.7 Å². The molecule has 5 heteroatoms. The number of hydrogen-bond donors (Lipinski definition) is 0. The lowest BCUT2D eigenvalue weighted by Crippen LogP contribution is -2.73. The lowest BCUT2D eigenvalue weighted by Gasteiger charge is -2.66. The second kappa shape index (κ2) is 5.91. The molecule has 3 nitrogen and oxygen atoms in total. The lowest BCUT2D eigenvalue weighted by molar-refractivity contribution is -0.303. The average molecular weight is 453 g/mol. The third-order valence-electron chi connectivity index (χ3n) is 8.76. The molecule has 4 bridgehead atoms. The minimum atomic E-state index is -1.88. The van der Waals surface area contributed by atoms with Crippen LogP contribution in [0.15, 0.2) is 33.9 Å². The Hall–Kier alpha value is -0.203. The molecule has 5 aliphatic rings. The molecule has 0 aromatic heterocycles. The Labute approximate surface area is 173 Å². The van der Waals surface area contributed by atoms with Gasteiger partial charge in [-0.25, -0.2) is 0 Å². The van der Waals surface area contributed by atoms with Gasteiger partial charge in [0.1, 0.15) is 6.10 Å². The van der Waals surface area contributed by atoms with Crippen molar-refractivity contribution in [3.05, 3.63) is 33.9 Å². The molecule has 5 rings (SSSR count). The van der Waals surface area contributed by atoms with E-state index in [-0.39, 0.29) is 22.3 Å². The Kier molecular flexibility index (Phi) is 4.40. The van der Waals surface area contributed by atoms with Gasteiger partial charge in [-0.1, -0.05) is 67.4 Å². The summed E-state index contributed by atoms with van der Waals surface area (Å²) in [5, 5.41) is 0. The Morgan fingerprint density at radius 2 is 1.81 bits per heavy atom. The van der Waals surface area contributed by atoms with Crippen LogP contribution in [0.1, 0.15) is 41.5 Å². The van der Waals surface area contributed by atoms with Crippen LogP contribution in [0.3, 0.4) is 0 Å². The van der Waals surface area contributed by atoms with Crippen LogP contribution in [0.2, 0.25) is 18.1 Å². The van der Waals surface area contributed by atoms with Gasteiger partial charge in [-0.15, -0.1) is 0 Å². The third-order valence-corrected chi connectivity index (χ3v) is 14.4. The molecule has 27 heavy (non-hydrogen) atoms. The largest absolute Gasteiger partial charge is 0.407 e. The van der Waals surface area contributed by atoms with Crippen LogP contribution in [0.5, 0.6) is 0 Å². The highest BCUT2D eigenvalue weighted by Crippen LogP contribution is 2.79. The standard InChI is InChI=1S/C22H33BrO3Si/c1-8-27(9-2,10-3)26-18-21-13-17(23)20(6)19(5,14-25-22(18,20)24-7)16(21)12-11-15(21)4/h11-13,18H,8-10,14H2,1-7H3/t18-,19+,20-,21-,22-/m0/s1. The molecule has 2 fully saturated rings. The molecule has 1 heterocycles. The summed E-state index contributed by atoms with van der Waals surface area (Å²) in [7, 11) is -0.0771.